The number of aromatic nitrogens is 2. The zero-order valence-electron chi connectivity index (χ0n) is 22.8. The number of nitrogens with zero attached hydrogens (tertiary/aromatic N) is 4. The van der Waals surface area contributed by atoms with E-state index in [-0.39, 0.29) is 35.5 Å². The van der Waals surface area contributed by atoms with Crippen molar-refractivity contribution in [1.29, 1.82) is 0 Å². The van der Waals surface area contributed by atoms with Crippen molar-refractivity contribution in [2.75, 3.05) is 24.5 Å². The molecule has 0 saturated carbocycles. The molecule has 2 N–H and O–H groups in total. The van der Waals surface area contributed by atoms with E-state index in [2.05, 4.69) is 36.0 Å². The molecule has 0 saturated heterocycles. The molecular weight excluding hydrogens is 531 g/mol. The number of hydrogen-bond donors (Lipinski definition) is 1. The monoisotopic (exact) mass is 561 g/mol. The number of halogens is 3. The number of fused-ring (bicyclic) bond motifs is 1. The van der Waals surface area contributed by atoms with E-state index in [0.717, 1.165) is 35.4 Å². The molecule has 2 amide bonds. The van der Waals surface area contributed by atoms with Gasteiger partial charge in [0, 0.05) is 29.9 Å². The Balaban J connectivity index is 1.51. The highest BCUT2D eigenvalue weighted by Gasteiger charge is 2.43. The summed E-state index contributed by atoms with van der Waals surface area (Å²) in [5.74, 6) is -1.34. The molecule has 2 heterocycles. The molecule has 0 aliphatic carbocycles. The van der Waals surface area contributed by atoms with E-state index < -0.39 is 23.7 Å². The van der Waals surface area contributed by atoms with Crippen LogP contribution in [0.2, 0.25) is 0 Å². The van der Waals surface area contributed by atoms with Crippen LogP contribution in [0.3, 0.4) is 0 Å². The second kappa shape index (κ2) is 11.2. The molecule has 0 bridgehead atoms. The molecule has 4 aromatic rings. The quantitative estimate of drug-likeness (QED) is 0.299. The number of primary amides is 1. The number of benzene rings is 3. The van der Waals surface area contributed by atoms with Gasteiger partial charge in [-0.25, -0.2) is 4.68 Å². The largest absolute Gasteiger partial charge is 0.435 e. The topological polar surface area (TPSA) is 84.5 Å². The molecule has 0 atom stereocenters. The third kappa shape index (κ3) is 5.47. The van der Waals surface area contributed by atoms with Crippen molar-refractivity contribution in [3.8, 4) is 16.8 Å². The number of carbonyl (C=O) groups is 2. The van der Waals surface area contributed by atoms with Crippen LogP contribution in [0.25, 0.3) is 16.8 Å². The SMILES string of the molecule is CCN(CC)Cc1ccccc1-c1ccc(N2CCc3c(C(F)(F)F)nn(-c4cccc(C(N)=O)c4)c3C2=O)cc1. The highest BCUT2D eigenvalue weighted by Crippen LogP contribution is 2.37. The molecule has 41 heavy (non-hydrogen) atoms. The molecule has 0 spiro atoms. The Labute approximate surface area is 236 Å². The van der Waals surface area contributed by atoms with Gasteiger partial charge in [-0.15, -0.1) is 0 Å². The molecule has 1 aromatic heterocycles. The first-order valence-electron chi connectivity index (χ1n) is 13.4. The molecule has 212 valence electrons. The van der Waals surface area contributed by atoms with Crippen LogP contribution in [0.4, 0.5) is 18.9 Å². The maximum absolute atomic E-state index is 13.9. The van der Waals surface area contributed by atoms with E-state index >= 15 is 0 Å². The standard InChI is InChI=1S/C31H30F3N5O2/c1-3-37(4-2)19-22-8-5-6-11-25(22)20-12-14-23(15-13-20)38-17-16-26-27(30(38)41)39(36-28(26)31(32,33)34)24-10-7-9-21(18-24)29(35)40/h5-15,18H,3-4,16-17,19H2,1-2H3,(H2,35,40). The molecule has 0 unspecified atom stereocenters. The van der Waals surface area contributed by atoms with Gasteiger partial charge in [0.05, 0.1) is 5.69 Å². The van der Waals surface area contributed by atoms with Crippen molar-refractivity contribution in [2.45, 2.75) is 33.0 Å². The summed E-state index contributed by atoms with van der Waals surface area (Å²) in [5.41, 5.74) is 7.98. The molecule has 5 rings (SSSR count). The average Bonchev–Trinajstić information content (AvgIpc) is 3.38. The van der Waals surface area contributed by atoms with Crippen LogP contribution in [0, 0.1) is 0 Å². The molecular formula is C31H30F3N5O2. The van der Waals surface area contributed by atoms with Crippen molar-refractivity contribution < 1.29 is 22.8 Å². The van der Waals surface area contributed by atoms with E-state index in [9.17, 15) is 22.8 Å². The highest BCUT2D eigenvalue weighted by molar-refractivity contribution is 6.07. The zero-order valence-corrected chi connectivity index (χ0v) is 22.8. The average molecular weight is 562 g/mol. The Bertz CT molecular complexity index is 1590. The van der Waals surface area contributed by atoms with Crippen LogP contribution in [-0.4, -0.2) is 46.1 Å². The van der Waals surface area contributed by atoms with Gasteiger partial charge in [0.25, 0.3) is 5.91 Å². The number of amides is 2. The first kappa shape index (κ1) is 28.1. The summed E-state index contributed by atoms with van der Waals surface area (Å²) in [7, 11) is 0. The van der Waals surface area contributed by atoms with Crippen LogP contribution < -0.4 is 10.6 Å². The summed E-state index contributed by atoms with van der Waals surface area (Å²) in [6, 6.07) is 21.4. The van der Waals surface area contributed by atoms with Crippen molar-refractivity contribution in [3.05, 3.63) is 101 Å². The number of hydrogen-bond acceptors (Lipinski definition) is 4. The minimum Gasteiger partial charge on any atom is -0.366 e. The predicted molar refractivity (Wildman–Crippen MR) is 151 cm³/mol. The van der Waals surface area contributed by atoms with Crippen LogP contribution >= 0.6 is 0 Å². The first-order chi connectivity index (χ1) is 19.6. The molecule has 1 aliphatic heterocycles. The van der Waals surface area contributed by atoms with E-state index in [1.807, 2.05) is 36.4 Å². The summed E-state index contributed by atoms with van der Waals surface area (Å²) in [4.78, 5) is 29.3. The highest BCUT2D eigenvalue weighted by atomic mass is 19.4. The molecule has 7 nitrogen and oxygen atoms in total. The summed E-state index contributed by atoms with van der Waals surface area (Å²) in [6.45, 7) is 6.99. The lowest BCUT2D eigenvalue weighted by atomic mass is 9.98. The van der Waals surface area contributed by atoms with Crippen molar-refractivity contribution in [2.24, 2.45) is 5.73 Å². The summed E-state index contributed by atoms with van der Waals surface area (Å²) in [6.07, 6.45) is -4.78. The molecule has 1 aliphatic rings. The van der Waals surface area contributed by atoms with Gasteiger partial charge < -0.3 is 10.6 Å². The Kier molecular flexibility index (Phi) is 7.68. The molecule has 3 aromatic carbocycles. The van der Waals surface area contributed by atoms with Gasteiger partial charge in [0.15, 0.2) is 5.69 Å². The van der Waals surface area contributed by atoms with Crippen molar-refractivity contribution in [1.82, 2.24) is 14.7 Å². The first-order valence-corrected chi connectivity index (χ1v) is 13.4. The fourth-order valence-electron chi connectivity index (χ4n) is 5.26. The predicted octanol–water partition coefficient (Wildman–Crippen LogP) is 5.70. The minimum atomic E-state index is -4.75. The van der Waals surface area contributed by atoms with E-state index in [1.54, 1.807) is 0 Å². The number of carbonyl (C=O) groups excluding carboxylic acids is 2. The molecule has 10 heteroatoms. The van der Waals surface area contributed by atoms with Gasteiger partial charge in [-0.05, 0) is 66.5 Å². The van der Waals surface area contributed by atoms with Crippen molar-refractivity contribution in [3.63, 3.8) is 0 Å². The lowest BCUT2D eigenvalue weighted by molar-refractivity contribution is -0.141. The van der Waals surface area contributed by atoms with E-state index in [0.29, 0.717) is 5.69 Å². The van der Waals surface area contributed by atoms with Crippen LogP contribution in [0.15, 0.2) is 72.8 Å². The third-order valence-corrected chi connectivity index (χ3v) is 7.46. The van der Waals surface area contributed by atoms with Gasteiger partial charge in [0.2, 0.25) is 5.91 Å². The van der Waals surface area contributed by atoms with Crippen LogP contribution in [0.1, 0.15) is 51.5 Å². The number of nitrogens with two attached hydrogens (primary N) is 1. The number of rotatable bonds is 8. The Hall–Kier alpha value is -4.44. The van der Waals surface area contributed by atoms with Gasteiger partial charge in [-0.1, -0.05) is 56.3 Å². The number of anilines is 1. The maximum atomic E-state index is 13.9. The summed E-state index contributed by atoms with van der Waals surface area (Å²) in [5, 5.41) is 3.80. The fraction of sp³-hybridized carbons (Fsp3) is 0.258. The van der Waals surface area contributed by atoms with Gasteiger partial charge in [-0.2, -0.15) is 18.3 Å². The van der Waals surface area contributed by atoms with Crippen molar-refractivity contribution >= 4 is 17.5 Å². The summed E-state index contributed by atoms with van der Waals surface area (Å²) >= 11 is 0. The molecule has 0 fully saturated rings. The van der Waals surface area contributed by atoms with Gasteiger partial charge in [-0.3, -0.25) is 14.5 Å². The second-order valence-electron chi connectivity index (χ2n) is 9.87. The Morgan fingerprint density at radius 3 is 2.34 bits per heavy atom. The van der Waals surface area contributed by atoms with Gasteiger partial charge in [0.1, 0.15) is 5.69 Å². The lowest BCUT2D eigenvalue weighted by Crippen LogP contribution is -2.39. The Morgan fingerprint density at radius 1 is 0.976 bits per heavy atom. The lowest BCUT2D eigenvalue weighted by Gasteiger charge is -2.28. The minimum absolute atomic E-state index is 0.0279. The number of alkyl halides is 3. The summed E-state index contributed by atoms with van der Waals surface area (Å²) < 4.78 is 42.8. The van der Waals surface area contributed by atoms with E-state index in [1.165, 1.54) is 34.7 Å². The second-order valence-corrected chi connectivity index (χ2v) is 9.87. The third-order valence-electron chi connectivity index (χ3n) is 7.46. The molecule has 0 radical (unpaired) electrons. The van der Waals surface area contributed by atoms with E-state index in [4.69, 9.17) is 5.73 Å². The zero-order chi connectivity index (χ0) is 29.3. The smallest absolute Gasteiger partial charge is 0.366 e. The normalized spacial score (nSPS) is 13.5. The van der Waals surface area contributed by atoms with Crippen LogP contribution in [0.5, 0.6) is 0 Å². The Morgan fingerprint density at radius 2 is 1.68 bits per heavy atom. The maximum Gasteiger partial charge on any atom is 0.435 e. The fourth-order valence-corrected chi connectivity index (χ4v) is 5.26. The van der Waals surface area contributed by atoms with Gasteiger partial charge >= 0.3 is 6.18 Å². The van der Waals surface area contributed by atoms with Crippen LogP contribution in [-0.2, 0) is 19.1 Å².